The maximum Gasteiger partial charge on any atom is 0.141 e. The van der Waals surface area contributed by atoms with Gasteiger partial charge in [0.1, 0.15) is 5.82 Å². The van der Waals surface area contributed by atoms with Crippen LogP contribution in [0.25, 0.3) is 0 Å². The number of benzene rings is 1. The van der Waals surface area contributed by atoms with Crippen molar-refractivity contribution in [1.29, 1.82) is 0 Å². The highest BCUT2D eigenvalue weighted by Gasteiger charge is 2.05. The van der Waals surface area contributed by atoms with Crippen molar-refractivity contribution in [3.05, 3.63) is 59.1 Å². The highest BCUT2D eigenvalue weighted by molar-refractivity contribution is 6.30. The first kappa shape index (κ1) is 12.0. The molecule has 0 aliphatic heterocycles. The molecule has 1 N–H and O–H groups in total. The smallest absolute Gasteiger partial charge is 0.141 e. The van der Waals surface area contributed by atoms with Gasteiger partial charge in [0.15, 0.2) is 0 Å². The zero-order valence-electron chi connectivity index (χ0n) is 9.60. The van der Waals surface area contributed by atoms with Gasteiger partial charge in [-0.15, -0.1) is 0 Å². The quantitative estimate of drug-likeness (QED) is 0.903. The van der Waals surface area contributed by atoms with Crippen molar-refractivity contribution in [3.63, 3.8) is 0 Å². The van der Waals surface area contributed by atoms with E-state index in [1.54, 1.807) is 12.4 Å². The van der Waals surface area contributed by atoms with Crippen LogP contribution in [0.3, 0.4) is 0 Å². The van der Waals surface area contributed by atoms with Crippen LogP contribution in [0.2, 0.25) is 5.02 Å². The molecule has 0 aliphatic rings. The molecule has 0 amide bonds. The number of aromatic nitrogens is 2. The molecule has 1 heterocycles. The number of nitrogens with zero attached hydrogens (tertiary/aromatic N) is 2. The minimum absolute atomic E-state index is 0.220. The molecule has 0 bridgehead atoms. The summed E-state index contributed by atoms with van der Waals surface area (Å²) in [6.07, 6.45) is 3.49. The number of halogens is 1. The molecule has 17 heavy (non-hydrogen) atoms. The van der Waals surface area contributed by atoms with E-state index in [0.717, 1.165) is 16.4 Å². The average molecular weight is 248 g/mol. The van der Waals surface area contributed by atoms with Gasteiger partial charge in [-0.25, -0.2) is 9.97 Å². The monoisotopic (exact) mass is 247 g/mol. The highest BCUT2D eigenvalue weighted by atomic mass is 35.5. The average Bonchev–Trinajstić information content (AvgIpc) is 2.37. The number of nitrogens with one attached hydrogen (secondary N) is 1. The second-order valence-corrected chi connectivity index (χ2v) is 4.26. The Labute approximate surface area is 106 Å². The second kappa shape index (κ2) is 5.75. The van der Waals surface area contributed by atoms with E-state index in [1.807, 2.05) is 24.3 Å². The fourth-order valence-electron chi connectivity index (χ4n) is 1.56. The normalized spacial score (nSPS) is 12.4. The van der Waals surface area contributed by atoms with E-state index in [4.69, 9.17) is 11.6 Å². The van der Waals surface area contributed by atoms with Crippen molar-refractivity contribution in [1.82, 2.24) is 15.3 Å². The molecule has 2 aromatic rings. The lowest BCUT2D eigenvalue weighted by molar-refractivity contribution is 0.559. The van der Waals surface area contributed by atoms with Gasteiger partial charge in [0.05, 0.1) is 6.54 Å². The maximum atomic E-state index is 5.95. The summed E-state index contributed by atoms with van der Waals surface area (Å²) >= 11 is 5.95. The molecule has 88 valence electrons. The molecule has 0 fully saturated rings. The summed E-state index contributed by atoms with van der Waals surface area (Å²) < 4.78 is 0. The van der Waals surface area contributed by atoms with Gasteiger partial charge in [-0.1, -0.05) is 23.7 Å². The van der Waals surface area contributed by atoms with E-state index in [0.29, 0.717) is 6.54 Å². The molecule has 4 heteroatoms. The van der Waals surface area contributed by atoms with Crippen LogP contribution in [-0.2, 0) is 6.54 Å². The summed E-state index contributed by atoms with van der Waals surface area (Å²) in [7, 11) is 0. The van der Waals surface area contributed by atoms with Crippen LogP contribution < -0.4 is 5.32 Å². The van der Waals surface area contributed by atoms with Gasteiger partial charge in [0, 0.05) is 23.5 Å². The number of hydrogen-bond acceptors (Lipinski definition) is 3. The van der Waals surface area contributed by atoms with Crippen LogP contribution >= 0.6 is 11.6 Å². The summed E-state index contributed by atoms with van der Waals surface area (Å²) in [4.78, 5) is 8.32. The third kappa shape index (κ3) is 3.51. The molecule has 3 nitrogen and oxygen atoms in total. The van der Waals surface area contributed by atoms with E-state index in [-0.39, 0.29) is 6.04 Å². The molecule has 1 atom stereocenters. The first-order valence-corrected chi connectivity index (χ1v) is 5.88. The Morgan fingerprint density at radius 1 is 1.24 bits per heavy atom. The molecule has 0 saturated heterocycles. The third-order valence-electron chi connectivity index (χ3n) is 2.53. The predicted octanol–water partition coefficient (Wildman–Crippen LogP) is 2.98. The zero-order valence-corrected chi connectivity index (χ0v) is 10.4. The molecular weight excluding hydrogens is 234 g/mol. The molecule has 1 aromatic carbocycles. The SMILES string of the molecule is C[C@H](NCc1ncccn1)c1cccc(Cl)c1. The Morgan fingerprint density at radius 3 is 2.71 bits per heavy atom. The summed E-state index contributed by atoms with van der Waals surface area (Å²) in [6, 6.07) is 9.87. The first-order chi connectivity index (χ1) is 8.25. The predicted molar refractivity (Wildman–Crippen MR) is 68.7 cm³/mol. The Balaban J connectivity index is 1.96. The zero-order chi connectivity index (χ0) is 12.1. The van der Waals surface area contributed by atoms with Crippen molar-refractivity contribution < 1.29 is 0 Å². The summed E-state index contributed by atoms with van der Waals surface area (Å²) in [6.45, 7) is 2.74. The molecular formula is C13H14ClN3. The Morgan fingerprint density at radius 2 is 2.00 bits per heavy atom. The molecule has 0 spiro atoms. The summed E-state index contributed by atoms with van der Waals surface area (Å²) in [5.41, 5.74) is 1.16. The van der Waals surface area contributed by atoms with E-state index < -0.39 is 0 Å². The third-order valence-corrected chi connectivity index (χ3v) is 2.77. The lowest BCUT2D eigenvalue weighted by Crippen LogP contribution is -2.19. The molecule has 0 saturated carbocycles. The fraction of sp³-hybridized carbons (Fsp3) is 0.231. The van der Waals surface area contributed by atoms with E-state index >= 15 is 0 Å². The van der Waals surface area contributed by atoms with Gasteiger partial charge >= 0.3 is 0 Å². The number of rotatable bonds is 4. The molecule has 2 rings (SSSR count). The standard InChI is InChI=1S/C13H14ClN3/c1-10(11-4-2-5-12(14)8-11)17-9-13-15-6-3-7-16-13/h2-8,10,17H,9H2,1H3/t10-/m0/s1. The molecule has 0 radical (unpaired) electrons. The van der Waals surface area contributed by atoms with E-state index in [9.17, 15) is 0 Å². The Hall–Kier alpha value is -1.45. The molecule has 1 aromatic heterocycles. The summed E-state index contributed by atoms with van der Waals surface area (Å²) in [5, 5.41) is 4.12. The summed E-state index contributed by atoms with van der Waals surface area (Å²) in [5.74, 6) is 0.793. The highest BCUT2D eigenvalue weighted by Crippen LogP contribution is 2.17. The molecule has 0 unspecified atom stereocenters. The maximum absolute atomic E-state index is 5.95. The topological polar surface area (TPSA) is 37.8 Å². The van der Waals surface area contributed by atoms with Crippen molar-refractivity contribution in [3.8, 4) is 0 Å². The van der Waals surface area contributed by atoms with Gasteiger partial charge in [0.25, 0.3) is 0 Å². The first-order valence-electron chi connectivity index (χ1n) is 5.50. The van der Waals surface area contributed by atoms with Gasteiger partial charge in [-0.2, -0.15) is 0 Å². The molecule has 0 aliphatic carbocycles. The lowest BCUT2D eigenvalue weighted by atomic mass is 10.1. The van der Waals surface area contributed by atoms with Gasteiger partial charge in [0.2, 0.25) is 0 Å². The van der Waals surface area contributed by atoms with Crippen LogP contribution in [0, 0.1) is 0 Å². The second-order valence-electron chi connectivity index (χ2n) is 3.82. The minimum atomic E-state index is 0.220. The van der Waals surface area contributed by atoms with E-state index in [1.165, 1.54) is 0 Å². The van der Waals surface area contributed by atoms with Gasteiger partial charge in [-0.05, 0) is 30.7 Å². The van der Waals surface area contributed by atoms with Crippen molar-refractivity contribution in [2.45, 2.75) is 19.5 Å². The van der Waals surface area contributed by atoms with Crippen molar-refractivity contribution in [2.75, 3.05) is 0 Å². The van der Waals surface area contributed by atoms with E-state index in [2.05, 4.69) is 28.3 Å². The van der Waals surface area contributed by atoms with Gasteiger partial charge in [-0.3, -0.25) is 0 Å². The van der Waals surface area contributed by atoms with Crippen LogP contribution in [-0.4, -0.2) is 9.97 Å². The number of hydrogen-bond donors (Lipinski definition) is 1. The van der Waals surface area contributed by atoms with Crippen LogP contribution in [0.15, 0.2) is 42.7 Å². The van der Waals surface area contributed by atoms with Crippen LogP contribution in [0.4, 0.5) is 0 Å². The Bertz CT molecular complexity index is 473. The van der Waals surface area contributed by atoms with Crippen molar-refractivity contribution >= 4 is 11.6 Å². The van der Waals surface area contributed by atoms with Crippen LogP contribution in [0.5, 0.6) is 0 Å². The van der Waals surface area contributed by atoms with Crippen molar-refractivity contribution in [2.24, 2.45) is 0 Å². The largest absolute Gasteiger partial charge is 0.303 e. The lowest BCUT2D eigenvalue weighted by Gasteiger charge is -2.13. The van der Waals surface area contributed by atoms with Crippen LogP contribution in [0.1, 0.15) is 24.4 Å². The Kier molecular flexibility index (Phi) is 4.07. The van der Waals surface area contributed by atoms with Gasteiger partial charge < -0.3 is 5.32 Å². The fourth-order valence-corrected chi connectivity index (χ4v) is 1.76. The minimum Gasteiger partial charge on any atom is -0.303 e.